The molecule has 0 unspecified atom stereocenters. The highest BCUT2D eigenvalue weighted by Crippen LogP contribution is 2.27. The molecule has 8 nitrogen and oxygen atoms in total. The zero-order chi connectivity index (χ0) is 23.8. The van der Waals surface area contributed by atoms with E-state index in [1.54, 1.807) is 49.6 Å². The summed E-state index contributed by atoms with van der Waals surface area (Å²) in [6.45, 7) is 0.129. The zero-order valence-corrected chi connectivity index (χ0v) is 18.4. The SMILES string of the molecule is COc1ccc(OC)c(C(=O)/C=C/c2ccc(OC)c(COc3cccc([N+](=O)[O-])c3)c2)c1. The van der Waals surface area contributed by atoms with Gasteiger partial charge in [-0.05, 0) is 48.0 Å². The quantitative estimate of drug-likeness (QED) is 0.184. The highest BCUT2D eigenvalue weighted by atomic mass is 16.6. The summed E-state index contributed by atoms with van der Waals surface area (Å²) in [5.74, 6) is 1.73. The Kier molecular flexibility index (Phi) is 7.64. The van der Waals surface area contributed by atoms with Crippen LogP contribution in [0.2, 0.25) is 0 Å². The number of hydrogen-bond donors (Lipinski definition) is 0. The van der Waals surface area contributed by atoms with E-state index in [-0.39, 0.29) is 18.1 Å². The number of nitrogens with zero attached hydrogens (tertiary/aromatic N) is 1. The van der Waals surface area contributed by atoms with Crippen LogP contribution in [0.15, 0.2) is 66.7 Å². The largest absolute Gasteiger partial charge is 0.497 e. The molecule has 3 aromatic rings. The van der Waals surface area contributed by atoms with E-state index in [9.17, 15) is 14.9 Å². The normalized spacial score (nSPS) is 10.6. The summed E-state index contributed by atoms with van der Waals surface area (Å²) in [5, 5.41) is 11.0. The van der Waals surface area contributed by atoms with E-state index in [0.717, 1.165) is 11.1 Å². The van der Waals surface area contributed by atoms with Crippen LogP contribution in [0.1, 0.15) is 21.5 Å². The van der Waals surface area contributed by atoms with Crippen LogP contribution in [0.25, 0.3) is 6.08 Å². The first-order valence-electron chi connectivity index (χ1n) is 9.93. The van der Waals surface area contributed by atoms with E-state index >= 15 is 0 Å². The number of ether oxygens (including phenoxy) is 4. The monoisotopic (exact) mass is 449 g/mol. The van der Waals surface area contributed by atoms with Crippen LogP contribution in [0.3, 0.4) is 0 Å². The van der Waals surface area contributed by atoms with Crippen molar-refractivity contribution in [2.45, 2.75) is 6.61 Å². The summed E-state index contributed by atoms with van der Waals surface area (Å²) >= 11 is 0. The minimum Gasteiger partial charge on any atom is -0.497 e. The number of ketones is 1. The Morgan fingerprint density at radius 2 is 1.67 bits per heavy atom. The highest BCUT2D eigenvalue weighted by Gasteiger charge is 2.12. The van der Waals surface area contributed by atoms with Crippen molar-refractivity contribution in [3.05, 3.63) is 93.5 Å². The maximum Gasteiger partial charge on any atom is 0.273 e. The van der Waals surface area contributed by atoms with Gasteiger partial charge in [0.05, 0.1) is 37.9 Å². The van der Waals surface area contributed by atoms with E-state index in [2.05, 4.69) is 0 Å². The lowest BCUT2D eigenvalue weighted by atomic mass is 10.1. The number of hydrogen-bond acceptors (Lipinski definition) is 7. The maximum absolute atomic E-state index is 12.7. The second-order valence-corrected chi connectivity index (χ2v) is 6.88. The van der Waals surface area contributed by atoms with Crippen molar-refractivity contribution in [1.82, 2.24) is 0 Å². The summed E-state index contributed by atoms with van der Waals surface area (Å²) in [6, 6.07) is 16.4. The Labute approximate surface area is 191 Å². The third-order valence-electron chi connectivity index (χ3n) is 4.83. The molecule has 0 aromatic heterocycles. The van der Waals surface area contributed by atoms with Gasteiger partial charge in [0.2, 0.25) is 0 Å². The van der Waals surface area contributed by atoms with Crippen molar-refractivity contribution in [2.24, 2.45) is 0 Å². The lowest BCUT2D eigenvalue weighted by Gasteiger charge is -2.11. The third kappa shape index (κ3) is 5.88. The Morgan fingerprint density at radius 3 is 2.36 bits per heavy atom. The number of nitro groups is 1. The molecule has 3 aromatic carbocycles. The summed E-state index contributed by atoms with van der Waals surface area (Å²) in [4.78, 5) is 23.2. The molecule has 170 valence electrons. The van der Waals surface area contributed by atoms with Crippen molar-refractivity contribution >= 4 is 17.5 Å². The van der Waals surface area contributed by atoms with Crippen LogP contribution >= 0.6 is 0 Å². The van der Waals surface area contributed by atoms with E-state index in [4.69, 9.17) is 18.9 Å². The molecule has 0 heterocycles. The van der Waals surface area contributed by atoms with E-state index < -0.39 is 4.92 Å². The van der Waals surface area contributed by atoms with Crippen LogP contribution in [0.5, 0.6) is 23.0 Å². The topological polar surface area (TPSA) is 97.1 Å². The van der Waals surface area contributed by atoms with Crippen LogP contribution in [-0.2, 0) is 6.61 Å². The Bertz CT molecular complexity index is 1190. The first-order chi connectivity index (χ1) is 15.9. The molecule has 0 aliphatic rings. The average Bonchev–Trinajstić information content (AvgIpc) is 2.85. The summed E-state index contributed by atoms with van der Waals surface area (Å²) in [7, 11) is 4.57. The van der Waals surface area contributed by atoms with Gasteiger partial charge in [0.15, 0.2) is 5.78 Å². The molecule has 0 fully saturated rings. The Hall–Kier alpha value is -4.33. The number of allylic oxidation sites excluding steroid dienone is 1. The smallest absolute Gasteiger partial charge is 0.273 e. The molecular formula is C25H23NO7. The van der Waals surface area contributed by atoms with Gasteiger partial charge in [-0.25, -0.2) is 0 Å². The molecule has 8 heteroatoms. The van der Waals surface area contributed by atoms with Gasteiger partial charge in [-0.15, -0.1) is 0 Å². The van der Waals surface area contributed by atoms with Crippen molar-refractivity contribution < 1.29 is 28.7 Å². The predicted octanol–water partition coefficient (Wildman–Crippen LogP) is 5.10. The fourth-order valence-electron chi connectivity index (χ4n) is 3.13. The average molecular weight is 449 g/mol. The first-order valence-corrected chi connectivity index (χ1v) is 9.93. The van der Waals surface area contributed by atoms with Crippen LogP contribution in [-0.4, -0.2) is 32.0 Å². The molecule has 0 atom stereocenters. The molecule has 0 N–H and O–H groups in total. The zero-order valence-electron chi connectivity index (χ0n) is 18.4. The molecule has 0 bridgehead atoms. The summed E-state index contributed by atoms with van der Waals surface area (Å²) in [5.41, 5.74) is 1.81. The van der Waals surface area contributed by atoms with Crippen LogP contribution in [0.4, 0.5) is 5.69 Å². The van der Waals surface area contributed by atoms with Gasteiger partial charge in [0, 0.05) is 11.6 Å². The summed E-state index contributed by atoms with van der Waals surface area (Å²) < 4.78 is 21.6. The number of methoxy groups -OCH3 is 3. The van der Waals surface area contributed by atoms with Crippen LogP contribution in [0, 0.1) is 10.1 Å². The van der Waals surface area contributed by atoms with Crippen LogP contribution < -0.4 is 18.9 Å². The molecule has 0 saturated heterocycles. The van der Waals surface area contributed by atoms with Gasteiger partial charge in [0.25, 0.3) is 5.69 Å². The lowest BCUT2D eigenvalue weighted by Crippen LogP contribution is -2.01. The van der Waals surface area contributed by atoms with Crippen molar-refractivity contribution in [1.29, 1.82) is 0 Å². The van der Waals surface area contributed by atoms with Crippen molar-refractivity contribution in [3.8, 4) is 23.0 Å². The second kappa shape index (κ2) is 10.8. The number of carbonyl (C=O) groups is 1. The number of rotatable bonds is 10. The number of non-ortho nitro benzene ring substituents is 1. The van der Waals surface area contributed by atoms with E-state index in [0.29, 0.717) is 28.6 Å². The fraction of sp³-hybridized carbons (Fsp3) is 0.160. The maximum atomic E-state index is 12.7. The molecule has 0 radical (unpaired) electrons. The van der Waals surface area contributed by atoms with E-state index in [1.165, 1.54) is 32.4 Å². The molecule has 0 amide bonds. The summed E-state index contributed by atoms with van der Waals surface area (Å²) in [6.07, 6.45) is 3.13. The molecule has 0 saturated carbocycles. The van der Waals surface area contributed by atoms with Gasteiger partial charge in [-0.2, -0.15) is 0 Å². The van der Waals surface area contributed by atoms with Gasteiger partial charge < -0.3 is 18.9 Å². The highest BCUT2D eigenvalue weighted by molar-refractivity contribution is 6.08. The van der Waals surface area contributed by atoms with Gasteiger partial charge in [-0.1, -0.05) is 18.2 Å². The van der Waals surface area contributed by atoms with Gasteiger partial charge >= 0.3 is 0 Å². The molecule has 0 aliphatic heterocycles. The standard InChI is InChI=1S/C25H23NO7/c1-30-20-9-12-25(32-3)22(15-20)23(27)10-7-17-8-11-24(31-2)18(13-17)16-33-21-6-4-5-19(14-21)26(28)29/h4-15H,16H2,1-3H3/b10-7+. The molecule has 3 rings (SSSR count). The van der Waals surface area contributed by atoms with Gasteiger partial charge in [-0.3, -0.25) is 14.9 Å². The minimum absolute atomic E-state index is 0.0531. The second-order valence-electron chi connectivity index (χ2n) is 6.88. The fourth-order valence-corrected chi connectivity index (χ4v) is 3.13. The predicted molar refractivity (Wildman–Crippen MR) is 123 cm³/mol. The first kappa shape index (κ1) is 23.3. The third-order valence-corrected chi connectivity index (χ3v) is 4.83. The molecule has 0 spiro atoms. The number of nitro benzene ring substituents is 1. The van der Waals surface area contributed by atoms with Crippen molar-refractivity contribution in [2.75, 3.05) is 21.3 Å². The molecular weight excluding hydrogens is 426 g/mol. The number of benzene rings is 3. The Balaban J connectivity index is 1.79. The van der Waals surface area contributed by atoms with Crippen molar-refractivity contribution in [3.63, 3.8) is 0 Å². The molecule has 0 aliphatic carbocycles. The van der Waals surface area contributed by atoms with E-state index in [1.807, 2.05) is 12.1 Å². The molecule has 33 heavy (non-hydrogen) atoms. The Morgan fingerprint density at radius 1 is 0.909 bits per heavy atom. The minimum atomic E-state index is -0.479. The lowest BCUT2D eigenvalue weighted by molar-refractivity contribution is -0.384. The number of carbonyl (C=O) groups excluding carboxylic acids is 1. The van der Waals surface area contributed by atoms with Gasteiger partial charge in [0.1, 0.15) is 29.6 Å².